The van der Waals surface area contributed by atoms with Crippen molar-refractivity contribution < 1.29 is 17.9 Å². The zero-order chi connectivity index (χ0) is 28.6. The second kappa shape index (κ2) is 10.7. The van der Waals surface area contributed by atoms with Crippen LogP contribution in [0.1, 0.15) is 60.3 Å². The molecule has 2 aromatic carbocycles. The van der Waals surface area contributed by atoms with E-state index in [0.717, 1.165) is 17.5 Å². The van der Waals surface area contributed by atoms with Gasteiger partial charge in [-0.25, -0.2) is 13.4 Å². The maximum Gasteiger partial charge on any atom is 0.296 e. The fourth-order valence-electron chi connectivity index (χ4n) is 5.38. The number of halogens is 1. The molecule has 0 spiro atoms. The molecule has 2 heterocycles. The maximum absolute atomic E-state index is 14.0. The van der Waals surface area contributed by atoms with Crippen LogP contribution < -0.4 is 5.56 Å². The number of unbranched alkanes of at least 4 members (excludes halogenated alkanes) is 1. The first-order valence-electron chi connectivity index (χ1n) is 13.0. The number of benzene rings is 2. The Morgan fingerprint density at radius 2 is 1.93 bits per heavy atom. The van der Waals surface area contributed by atoms with E-state index in [-0.39, 0.29) is 4.90 Å². The molecule has 0 saturated carbocycles. The third-order valence-corrected chi connectivity index (χ3v) is 9.23. The minimum absolute atomic E-state index is 0.205. The van der Waals surface area contributed by atoms with Crippen molar-refractivity contribution in [1.82, 2.24) is 14.5 Å². The third-order valence-electron chi connectivity index (χ3n) is 7.45. The molecule has 5 rings (SSSR count). The highest BCUT2D eigenvalue weighted by Gasteiger charge is 2.34. The van der Waals surface area contributed by atoms with Gasteiger partial charge >= 0.3 is 0 Å². The summed E-state index contributed by atoms with van der Waals surface area (Å²) in [7, 11) is -4.48. The Labute approximate surface area is 231 Å². The van der Waals surface area contributed by atoms with Crippen LogP contribution in [0.25, 0.3) is 11.1 Å². The van der Waals surface area contributed by atoms with Crippen molar-refractivity contribution in [2.24, 2.45) is 0 Å². The number of sulfone groups is 1. The SMILES string of the molecule is CCCCc1nc(=O)c(S(=O)(=O)c2ccc(-c3ccnc(F)c3C)cc2)c(O)n1[C@H]1CCc2c(C#N)cccc21. The van der Waals surface area contributed by atoms with Crippen molar-refractivity contribution in [3.63, 3.8) is 0 Å². The van der Waals surface area contributed by atoms with Gasteiger partial charge in [-0.1, -0.05) is 37.6 Å². The molecule has 0 fully saturated rings. The van der Waals surface area contributed by atoms with Crippen molar-refractivity contribution >= 4 is 9.84 Å². The Hall–Kier alpha value is -4.36. The third kappa shape index (κ3) is 4.56. The lowest BCUT2D eigenvalue weighted by Gasteiger charge is -2.23. The van der Waals surface area contributed by atoms with Gasteiger partial charge in [0.25, 0.3) is 5.56 Å². The predicted octanol–water partition coefficient (Wildman–Crippen LogP) is 5.04. The van der Waals surface area contributed by atoms with Gasteiger partial charge in [-0.3, -0.25) is 9.36 Å². The molecular weight excluding hydrogens is 531 g/mol. The van der Waals surface area contributed by atoms with E-state index in [2.05, 4.69) is 16.0 Å². The van der Waals surface area contributed by atoms with E-state index in [1.807, 2.05) is 13.0 Å². The summed E-state index contributed by atoms with van der Waals surface area (Å²) in [5.41, 5.74) is 2.59. The molecule has 1 atom stereocenters. The highest BCUT2D eigenvalue weighted by Crippen LogP contribution is 2.40. The van der Waals surface area contributed by atoms with E-state index in [1.54, 1.807) is 25.1 Å². The van der Waals surface area contributed by atoms with Gasteiger partial charge in [0.15, 0.2) is 4.90 Å². The van der Waals surface area contributed by atoms with E-state index >= 15 is 0 Å². The number of rotatable bonds is 7. The molecule has 0 radical (unpaired) electrons. The fraction of sp³-hybridized carbons (Fsp3) is 0.267. The summed E-state index contributed by atoms with van der Waals surface area (Å²) in [5, 5.41) is 21.0. The van der Waals surface area contributed by atoms with Crippen molar-refractivity contribution in [2.45, 2.75) is 61.8 Å². The average Bonchev–Trinajstić information content (AvgIpc) is 3.37. The fourth-order valence-corrected chi connectivity index (χ4v) is 6.73. The van der Waals surface area contributed by atoms with Crippen molar-refractivity contribution in [1.29, 1.82) is 5.26 Å². The van der Waals surface area contributed by atoms with E-state index in [0.29, 0.717) is 53.8 Å². The molecule has 4 aromatic rings. The topological polar surface area (TPSA) is 126 Å². The summed E-state index contributed by atoms with van der Waals surface area (Å²) in [6, 6.07) is 14.3. The van der Waals surface area contributed by atoms with Gasteiger partial charge in [0.05, 0.1) is 22.6 Å². The number of aryl methyl sites for hydroxylation is 1. The van der Waals surface area contributed by atoms with Crippen molar-refractivity contribution in [3.05, 3.63) is 99.1 Å². The van der Waals surface area contributed by atoms with Gasteiger partial charge in [-0.05, 0) is 72.7 Å². The Kier molecular flexibility index (Phi) is 7.25. The zero-order valence-corrected chi connectivity index (χ0v) is 22.9. The molecule has 1 N–H and O–H groups in total. The average molecular weight is 559 g/mol. The van der Waals surface area contributed by atoms with Crippen LogP contribution in [0.2, 0.25) is 0 Å². The Morgan fingerprint density at radius 3 is 2.62 bits per heavy atom. The number of hydrogen-bond acceptors (Lipinski definition) is 7. The van der Waals surface area contributed by atoms with E-state index < -0.39 is 38.2 Å². The number of nitrogens with zero attached hydrogens (tertiary/aromatic N) is 4. The van der Waals surface area contributed by atoms with Gasteiger partial charge in [-0.15, -0.1) is 0 Å². The van der Waals surface area contributed by atoms with Crippen LogP contribution in [0.5, 0.6) is 5.88 Å². The Morgan fingerprint density at radius 1 is 1.18 bits per heavy atom. The van der Waals surface area contributed by atoms with Gasteiger partial charge in [0, 0.05) is 18.2 Å². The van der Waals surface area contributed by atoms with Gasteiger partial charge < -0.3 is 5.11 Å². The molecule has 0 bridgehead atoms. The lowest BCUT2D eigenvalue weighted by atomic mass is 10.0. The van der Waals surface area contributed by atoms with E-state index in [9.17, 15) is 28.0 Å². The van der Waals surface area contributed by atoms with Crippen LogP contribution in [0.3, 0.4) is 0 Å². The molecule has 10 heteroatoms. The smallest absolute Gasteiger partial charge is 0.296 e. The van der Waals surface area contributed by atoms with Crippen LogP contribution in [0.15, 0.2) is 69.3 Å². The second-order valence-corrected chi connectivity index (χ2v) is 11.7. The summed E-state index contributed by atoms with van der Waals surface area (Å²) in [5.74, 6) is -0.985. The molecule has 1 aliphatic rings. The molecule has 8 nitrogen and oxygen atoms in total. The van der Waals surface area contributed by atoms with E-state index in [1.165, 1.54) is 35.0 Å². The van der Waals surface area contributed by atoms with Gasteiger partial charge in [-0.2, -0.15) is 14.6 Å². The number of nitriles is 1. The van der Waals surface area contributed by atoms with Gasteiger partial charge in [0.1, 0.15) is 5.82 Å². The van der Waals surface area contributed by atoms with Crippen LogP contribution in [-0.2, 0) is 22.7 Å². The second-order valence-electron chi connectivity index (χ2n) is 9.80. The maximum atomic E-state index is 14.0. The number of aromatic nitrogens is 3. The summed E-state index contributed by atoms with van der Waals surface area (Å²) in [6.07, 6.45) is 4.29. The number of aromatic hydroxyl groups is 1. The van der Waals surface area contributed by atoms with Crippen molar-refractivity contribution in [3.8, 4) is 23.1 Å². The minimum atomic E-state index is -4.48. The number of fused-ring (bicyclic) bond motifs is 1. The molecule has 0 aliphatic heterocycles. The highest BCUT2D eigenvalue weighted by atomic mass is 32.2. The van der Waals surface area contributed by atoms with Crippen molar-refractivity contribution in [2.75, 3.05) is 0 Å². The van der Waals surface area contributed by atoms with E-state index in [4.69, 9.17) is 0 Å². The lowest BCUT2D eigenvalue weighted by Crippen LogP contribution is -2.27. The first-order valence-corrected chi connectivity index (χ1v) is 14.5. The molecule has 0 unspecified atom stereocenters. The standard InChI is InChI=1S/C30H27FN4O4S/c1-3-4-8-26-34-29(36)27(30(37)35(26)25-14-13-23-20(17-32)6-5-7-24(23)25)40(38,39)21-11-9-19(10-12-21)22-15-16-33-28(31)18(22)2/h5-7,9-12,15-16,25,37H,3-4,8,13-14H2,1-2H3/t25-/m0/s1. The Balaban J connectivity index is 1.64. The molecule has 40 heavy (non-hydrogen) atoms. The normalized spacial score (nSPS) is 14.6. The summed E-state index contributed by atoms with van der Waals surface area (Å²) in [4.78, 5) is 20.0. The van der Waals surface area contributed by atoms with Crippen LogP contribution >= 0.6 is 0 Å². The van der Waals surface area contributed by atoms with Gasteiger partial charge in [0.2, 0.25) is 21.7 Å². The molecule has 2 aromatic heterocycles. The number of pyridine rings is 1. The van der Waals surface area contributed by atoms with Crippen LogP contribution in [0.4, 0.5) is 4.39 Å². The minimum Gasteiger partial charge on any atom is -0.493 e. The largest absolute Gasteiger partial charge is 0.493 e. The molecular formula is C30H27FN4O4S. The molecule has 0 amide bonds. The molecule has 204 valence electrons. The molecule has 0 saturated heterocycles. The predicted molar refractivity (Wildman–Crippen MR) is 146 cm³/mol. The summed E-state index contributed by atoms with van der Waals surface area (Å²) < 4.78 is 42.9. The molecule has 1 aliphatic carbocycles. The first-order chi connectivity index (χ1) is 19.2. The zero-order valence-electron chi connectivity index (χ0n) is 22.1. The monoisotopic (exact) mass is 558 g/mol. The summed E-state index contributed by atoms with van der Waals surface area (Å²) >= 11 is 0. The van der Waals surface area contributed by atoms with Crippen LogP contribution in [-0.4, -0.2) is 28.1 Å². The highest BCUT2D eigenvalue weighted by molar-refractivity contribution is 7.91. The van der Waals surface area contributed by atoms with Crippen LogP contribution in [0, 0.1) is 24.2 Å². The lowest BCUT2D eigenvalue weighted by molar-refractivity contribution is 0.361. The summed E-state index contributed by atoms with van der Waals surface area (Å²) in [6.45, 7) is 3.56. The number of hydrogen-bond donors (Lipinski definition) is 1. The quantitative estimate of drug-likeness (QED) is 0.315. The first kappa shape index (κ1) is 27.2. The Bertz CT molecular complexity index is 1830.